The molecule has 0 saturated carbocycles. The van der Waals surface area contributed by atoms with Crippen LogP contribution in [-0.4, -0.2) is 30.4 Å². The van der Waals surface area contributed by atoms with Gasteiger partial charge in [0.2, 0.25) is 5.91 Å². The monoisotopic (exact) mass is 386 g/mol. The Labute approximate surface area is 165 Å². The lowest BCUT2D eigenvalue weighted by Gasteiger charge is -2.19. The number of hydrogen-bond acceptors (Lipinski definition) is 2. The minimum absolute atomic E-state index is 0.0599. The molecule has 5 heteroatoms. The molecule has 1 heterocycles. The van der Waals surface area contributed by atoms with Crippen molar-refractivity contribution >= 4 is 5.91 Å². The van der Waals surface area contributed by atoms with Crippen LogP contribution in [0.25, 0.3) is 0 Å². The lowest BCUT2D eigenvalue weighted by atomic mass is 9.87. The molecular formula is C23H28F2N2O. The van der Waals surface area contributed by atoms with Gasteiger partial charge in [0.05, 0.1) is 0 Å². The van der Waals surface area contributed by atoms with Gasteiger partial charge in [0, 0.05) is 25.4 Å². The van der Waals surface area contributed by atoms with Crippen molar-refractivity contribution in [3.8, 4) is 0 Å². The van der Waals surface area contributed by atoms with E-state index in [1.165, 1.54) is 24.3 Å². The number of hydrogen-bond donors (Lipinski definition) is 1. The van der Waals surface area contributed by atoms with Crippen LogP contribution in [0.5, 0.6) is 0 Å². The number of carbonyl (C=O) groups is 1. The zero-order chi connectivity index (χ0) is 19.9. The maximum Gasteiger partial charge on any atom is 0.222 e. The van der Waals surface area contributed by atoms with Crippen LogP contribution >= 0.6 is 0 Å². The van der Waals surface area contributed by atoms with E-state index in [0.717, 1.165) is 49.9 Å². The fraction of sp³-hybridized carbons (Fsp3) is 0.435. The Kier molecular flexibility index (Phi) is 7.15. The molecule has 2 aromatic carbocycles. The van der Waals surface area contributed by atoms with E-state index in [9.17, 15) is 13.6 Å². The van der Waals surface area contributed by atoms with Crippen molar-refractivity contribution in [2.24, 2.45) is 11.7 Å². The van der Waals surface area contributed by atoms with Crippen molar-refractivity contribution in [3.63, 3.8) is 0 Å². The smallest absolute Gasteiger partial charge is 0.222 e. The Balaban J connectivity index is 1.57. The Bertz CT molecular complexity index is 716. The van der Waals surface area contributed by atoms with E-state index in [-0.39, 0.29) is 23.5 Å². The zero-order valence-electron chi connectivity index (χ0n) is 16.1. The van der Waals surface area contributed by atoms with Gasteiger partial charge in [0.1, 0.15) is 11.6 Å². The van der Waals surface area contributed by atoms with Gasteiger partial charge in [-0.1, -0.05) is 30.7 Å². The maximum atomic E-state index is 13.3. The molecule has 1 amide bonds. The highest BCUT2D eigenvalue weighted by atomic mass is 19.1. The lowest BCUT2D eigenvalue weighted by Crippen LogP contribution is -2.29. The van der Waals surface area contributed by atoms with Crippen LogP contribution in [0, 0.1) is 17.6 Å². The summed E-state index contributed by atoms with van der Waals surface area (Å²) in [5.41, 5.74) is 7.70. The molecule has 0 aliphatic carbocycles. The third-order valence-electron chi connectivity index (χ3n) is 5.65. The Morgan fingerprint density at radius 1 is 1.00 bits per heavy atom. The molecule has 28 heavy (non-hydrogen) atoms. The van der Waals surface area contributed by atoms with E-state index >= 15 is 0 Å². The summed E-state index contributed by atoms with van der Waals surface area (Å²) >= 11 is 0. The first-order chi connectivity index (χ1) is 13.6. The maximum absolute atomic E-state index is 13.3. The van der Waals surface area contributed by atoms with Crippen LogP contribution in [0.1, 0.15) is 49.1 Å². The fourth-order valence-electron chi connectivity index (χ4n) is 3.95. The number of unbranched alkanes of at least 4 members (excludes halogenated alkanes) is 1. The van der Waals surface area contributed by atoms with Crippen molar-refractivity contribution in [2.45, 2.75) is 38.0 Å². The minimum atomic E-state index is -0.270. The van der Waals surface area contributed by atoms with Gasteiger partial charge in [0.25, 0.3) is 0 Å². The van der Waals surface area contributed by atoms with Crippen LogP contribution < -0.4 is 5.73 Å². The van der Waals surface area contributed by atoms with Crippen molar-refractivity contribution in [3.05, 3.63) is 71.3 Å². The molecule has 3 nitrogen and oxygen atoms in total. The number of nitrogens with zero attached hydrogens (tertiary/aromatic N) is 1. The van der Waals surface area contributed by atoms with Crippen molar-refractivity contribution in [1.29, 1.82) is 0 Å². The summed E-state index contributed by atoms with van der Waals surface area (Å²) in [7, 11) is 0. The second-order valence-electron chi connectivity index (χ2n) is 7.63. The highest BCUT2D eigenvalue weighted by molar-refractivity contribution is 5.76. The first-order valence-corrected chi connectivity index (χ1v) is 10.1. The third kappa shape index (κ3) is 5.38. The van der Waals surface area contributed by atoms with E-state index in [2.05, 4.69) is 0 Å². The molecule has 0 radical (unpaired) electrons. The topological polar surface area (TPSA) is 46.3 Å². The highest BCUT2D eigenvalue weighted by Crippen LogP contribution is 2.30. The summed E-state index contributed by atoms with van der Waals surface area (Å²) in [4.78, 5) is 14.3. The molecule has 1 atom stereocenters. The van der Waals surface area contributed by atoms with Gasteiger partial charge >= 0.3 is 0 Å². The average Bonchev–Trinajstić information content (AvgIpc) is 3.19. The Hall–Kier alpha value is -2.27. The van der Waals surface area contributed by atoms with Gasteiger partial charge in [-0.3, -0.25) is 4.79 Å². The summed E-state index contributed by atoms with van der Waals surface area (Å²) < 4.78 is 26.6. The molecular weight excluding hydrogens is 358 g/mol. The van der Waals surface area contributed by atoms with Crippen molar-refractivity contribution in [2.75, 3.05) is 19.6 Å². The quantitative estimate of drug-likeness (QED) is 0.681. The number of amides is 1. The van der Waals surface area contributed by atoms with E-state index in [1.54, 1.807) is 24.3 Å². The van der Waals surface area contributed by atoms with Crippen LogP contribution in [0.4, 0.5) is 8.78 Å². The second-order valence-corrected chi connectivity index (χ2v) is 7.63. The first-order valence-electron chi connectivity index (χ1n) is 10.1. The third-order valence-corrected chi connectivity index (χ3v) is 5.65. The first kappa shape index (κ1) is 20.5. The summed E-state index contributed by atoms with van der Waals surface area (Å²) in [5.74, 6) is 0.160. The van der Waals surface area contributed by atoms with Gasteiger partial charge in [-0.25, -0.2) is 8.78 Å². The molecule has 2 N–H and O–H groups in total. The Morgan fingerprint density at radius 3 is 2.07 bits per heavy atom. The number of carbonyl (C=O) groups excluding carboxylic acids is 1. The molecule has 150 valence electrons. The lowest BCUT2D eigenvalue weighted by molar-refractivity contribution is -0.130. The number of likely N-dealkylation sites (tertiary alicyclic amines) is 1. The number of nitrogens with two attached hydrogens (primary N) is 1. The van der Waals surface area contributed by atoms with Gasteiger partial charge in [-0.15, -0.1) is 0 Å². The molecule has 0 spiro atoms. The SMILES string of the molecule is NCC1CCN(C(=O)CCCCC(c2ccc(F)cc2)c2ccc(F)cc2)C1. The predicted octanol–water partition coefficient (Wildman–Crippen LogP) is 4.46. The van der Waals surface area contributed by atoms with E-state index in [0.29, 0.717) is 18.9 Å². The summed E-state index contributed by atoms with van der Waals surface area (Å²) in [6.07, 6.45) is 4.05. The van der Waals surface area contributed by atoms with Crippen molar-refractivity contribution in [1.82, 2.24) is 4.90 Å². The normalized spacial score (nSPS) is 16.7. The molecule has 2 aromatic rings. The second kappa shape index (κ2) is 9.78. The fourth-order valence-corrected chi connectivity index (χ4v) is 3.95. The van der Waals surface area contributed by atoms with E-state index in [1.807, 2.05) is 4.90 Å². The predicted molar refractivity (Wildman–Crippen MR) is 107 cm³/mol. The molecule has 1 unspecified atom stereocenters. The molecule has 1 fully saturated rings. The van der Waals surface area contributed by atoms with Gasteiger partial charge < -0.3 is 10.6 Å². The van der Waals surface area contributed by atoms with Gasteiger partial charge in [0.15, 0.2) is 0 Å². The van der Waals surface area contributed by atoms with Gasteiger partial charge in [-0.2, -0.15) is 0 Å². The molecule has 0 aromatic heterocycles. The largest absolute Gasteiger partial charge is 0.342 e. The standard InChI is InChI=1S/C23H28F2N2O/c24-20-9-5-18(6-10-20)22(19-7-11-21(25)12-8-19)3-1-2-4-23(28)27-14-13-17(15-26)16-27/h5-12,17,22H,1-4,13-16,26H2. The summed E-state index contributed by atoms with van der Waals surface area (Å²) in [6.45, 7) is 2.23. The number of rotatable bonds is 8. The van der Waals surface area contributed by atoms with Crippen LogP contribution in [-0.2, 0) is 4.79 Å². The number of halogens is 2. The van der Waals surface area contributed by atoms with Gasteiger partial charge in [-0.05, 0) is 67.1 Å². The molecule has 1 saturated heterocycles. The Morgan fingerprint density at radius 2 is 1.57 bits per heavy atom. The van der Waals surface area contributed by atoms with Crippen LogP contribution in [0.2, 0.25) is 0 Å². The molecule has 3 rings (SSSR count). The van der Waals surface area contributed by atoms with E-state index < -0.39 is 0 Å². The minimum Gasteiger partial charge on any atom is -0.342 e. The average molecular weight is 386 g/mol. The summed E-state index contributed by atoms with van der Waals surface area (Å²) in [5, 5.41) is 0. The molecule has 0 bridgehead atoms. The van der Waals surface area contributed by atoms with Crippen LogP contribution in [0.15, 0.2) is 48.5 Å². The van der Waals surface area contributed by atoms with E-state index in [4.69, 9.17) is 5.73 Å². The molecule has 1 aliphatic rings. The number of benzene rings is 2. The van der Waals surface area contributed by atoms with Crippen molar-refractivity contribution < 1.29 is 13.6 Å². The highest BCUT2D eigenvalue weighted by Gasteiger charge is 2.24. The van der Waals surface area contributed by atoms with Crippen LogP contribution in [0.3, 0.4) is 0 Å². The zero-order valence-corrected chi connectivity index (χ0v) is 16.1. The summed E-state index contributed by atoms with van der Waals surface area (Å²) in [6, 6.07) is 13.0. The molecule has 1 aliphatic heterocycles.